The van der Waals surface area contributed by atoms with Gasteiger partial charge in [0.15, 0.2) is 5.96 Å². The highest BCUT2D eigenvalue weighted by molar-refractivity contribution is 14.0. The topological polar surface area (TPSA) is 36.4 Å². The number of guanidine groups is 1. The van der Waals surface area contributed by atoms with Crippen molar-refractivity contribution in [3.63, 3.8) is 0 Å². The van der Waals surface area contributed by atoms with Crippen molar-refractivity contribution < 1.29 is 0 Å². The molecule has 2 N–H and O–H groups in total. The zero-order valence-electron chi connectivity index (χ0n) is 12.9. The van der Waals surface area contributed by atoms with Gasteiger partial charge in [0.05, 0.1) is 12.6 Å². The molecule has 1 rings (SSSR count). The first-order chi connectivity index (χ1) is 8.98. The fourth-order valence-corrected chi connectivity index (χ4v) is 2.40. The van der Waals surface area contributed by atoms with Crippen LogP contribution in [0.15, 0.2) is 22.5 Å². The Morgan fingerprint density at radius 1 is 1.50 bits per heavy atom. The van der Waals surface area contributed by atoms with Gasteiger partial charge in [-0.3, -0.25) is 4.99 Å². The Hall–Kier alpha value is 0.0500. The molecule has 0 aromatic carbocycles. The van der Waals surface area contributed by atoms with Crippen LogP contribution in [0.1, 0.15) is 38.6 Å². The summed E-state index contributed by atoms with van der Waals surface area (Å²) in [4.78, 5) is 6.01. The highest BCUT2D eigenvalue weighted by Crippen LogP contribution is 2.21. The summed E-state index contributed by atoms with van der Waals surface area (Å²) >= 11 is 3.61. The molecule has 1 atom stereocenters. The summed E-state index contributed by atoms with van der Waals surface area (Å²) in [5, 5.41) is 8.87. The van der Waals surface area contributed by atoms with Crippen LogP contribution in [-0.2, 0) is 0 Å². The van der Waals surface area contributed by atoms with E-state index in [1.54, 1.807) is 11.3 Å². The van der Waals surface area contributed by atoms with Gasteiger partial charge in [-0.25, -0.2) is 0 Å². The van der Waals surface area contributed by atoms with Gasteiger partial charge in [-0.15, -0.1) is 35.3 Å². The largest absolute Gasteiger partial charge is 0.357 e. The highest BCUT2D eigenvalue weighted by Gasteiger charge is 2.16. The molecule has 0 aliphatic rings. The van der Waals surface area contributed by atoms with Crippen molar-refractivity contribution in [1.82, 2.24) is 10.6 Å². The first-order valence-corrected chi connectivity index (χ1v) is 8.72. The number of thiophene rings is 1. The monoisotopic (exact) mass is 427 g/mol. The summed E-state index contributed by atoms with van der Waals surface area (Å²) < 4.78 is 0.175. The Bertz CT molecular complexity index is 391. The molecule has 0 saturated carbocycles. The number of hydrogen-bond donors (Lipinski definition) is 2. The van der Waals surface area contributed by atoms with Crippen molar-refractivity contribution in [3.05, 3.63) is 22.4 Å². The van der Waals surface area contributed by atoms with Crippen LogP contribution in [0, 0.1) is 0 Å². The number of nitrogens with one attached hydrogen (secondary N) is 2. The predicted molar refractivity (Wildman–Crippen MR) is 105 cm³/mol. The zero-order valence-corrected chi connectivity index (χ0v) is 16.9. The molecule has 0 aliphatic heterocycles. The molecule has 0 fully saturated rings. The Kier molecular flexibility index (Phi) is 9.92. The lowest BCUT2D eigenvalue weighted by molar-refractivity contribution is 0.677. The van der Waals surface area contributed by atoms with E-state index in [-0.39, 0.29) is 34.8 Å². The minimum Gasteiger partial charge on any atom is -0.357 e. The zero-order chi connectivity index (χ0) is 14.3. The van der Waals surface area contributed by atoms with Crippen LogP contribution >= 0.6 is 47.1 Å². The molecular weight excluding hydrogens is 401 g/mol. The molecule has 0 saturated heterocycles. The summed E-state index contributed by atoms with van der Waals surface area (Å²) in [6.45, 7) is 10.4. The summed E-state index contributed by atoms with van der Waals surface area (Å²) in [5.74, 6) is 0.894. The second-order valence-corrected chi connectivity index (χ2v) is 7.53. The summed E-state index contributed by atoms with van der Waals surface area (Å²) in [6.07, 6.45) is 2.13. The van der Waals surface area contributed by atoms with Gasteiger partial charge in [-0.2, -0.15) is 11.8 Å². The van der Waals surface area contributed by atoms with Crippen molar-refractivity contribution in [1.29, 1.82) is 0 Å². The van der Waals surface area contributed by atoms with E-state index >= 15 is 0 Å². The van der Waals surface area contributed by atoms with Gasteiger partial charge in [0.2, 0.25) is 0 Å². The number of nitrogens with zero attached hydrogens (tertiary/aromatic N) is 1. The van der Waals surface area contributed by atoms with Crippen LogP contribution in [0.3, 0.4) is 0 Å². The quantitative estimate of drug-likeness (QED) is 0.407. The summed E-state index contributed by atoms with van der Waals surface area (Å²) in [7, 11) is 0. The van der Waals surface area contributed by atoms with Gasteiger partial charge in [0, 0.05) is 16.2 Å². The Morgan fingerprint density at radius 3 is 2.70 bits per heavy atom. The molecule has 6 heteroatoms. The van der Waals surface area contributed by atoms with Crippen LogP contribution < -0.4 is 10.6 Å². The van der Waals surface area contributed by atoms with Gasteiger partial charge in [0.1, 0.15) is 0 Å². The van der Waals surface area contributed by atoms with E-state index in [1.807, 2.05) is 11.8 Å². The third kappa shape index (κ3) is 7.17. The molecular formula is C14H26IN3S2. The second kappa shape index (κ2) is 9.89. The maximum absolute atomic E-state index is 4.68. The fourth-order valence-electron chi connectivity index (χ4n) is 1.47. The molecule has 0 aliphatic carbocycles. The molecule has 3 nitrogen and oxygen atoms in total. The Balaban J connectivity index is 0.00000361. The number of aliphatic imine (C=N–C) groups is 1. The van der Waals surface area contributed by atoms with Gasteiger partial charge >= 0.3 is 0 Å². The minimum absolute atomic E-state index is 0. The van der Waals surface area contributed by atoms with Gasteiger partial charge in [-0.1, -0.05) is 6.07 Å². The van der Waals surface area contributed by atoms with Crippen LogP contribution in [0.25, 0.3) is 0 Å². The molecule has 0 amide bonds. The van der Waals surface area contributed by atoms with Crippen LogP contribution in [0.2, 0.25) is 0 Å². The van der Waals surface area contributed by atoms with E-state index < -0.39 is 0 Å². The summed E-state index contributed by atoms with van der Waals surface area (Å²) in [5.41, 5.74) is 0. The maximum atomic E-state index is 4.68. The fraction of sp³-hybridized carbons (Fsp3) is 0.643. The number of hydrogen-bond acceptors (Lipinski definition) is 3. The smallest absolute Gasteiger partial charge is 0.191 e. The van der Waals surface area contributed by atoms with Gasteiger partial charge in [0.25, 0.3) is 0 Å². The summed E-state index contributed by atoms with van der Waals surface area (Å²) in [6, 6.07) is 4.52. The first kappa shape index (κ1) is 20.1. The van der Waals surface area contributed by atoms with E-state index in [2.05, 4.69) is 67.1 Å². The van der Waals surface area contributed by atoms with Crippen LogP contribution in [0.4, 0.5) is 0 Å². The minimum atomic E-state index is 0. The van der Waals surface area contributed by atoms with Gasteiger partial charge < -0.3 is 10.6 Å². The lowest BCUT2D eigenvalue weighted by Gasteiger charge is -2.21. The molecule has 0 spiro atoms. The van der Waals surface area contributed by atoms with Crippen LogP contribution in [-0.4, -0.2) is 30.1 Å². The number of rotatable bonds is 6. The molecule has 1 unspecified atom stereocenters. The standard InChI is InChI=1S/C14H25N3S2.HI/c1-6-15-13(16-10-14(3,4)18-5)17-11(2)12-8-7-9-19-12;/h7-9,11H,6,10H2,1-5H3,(H2,15,16,17);1H. The molecule has 20 heavy (non-hydrogen) atoms. The SMILES string of the molecule is CCNC(=NCC(C)(C)SC)NC(C)c1cccs1.I. The Morgan fingerprint density at radius 2 is 2.20 bits per heavy atom. The van der Waals surface area contributed by atoms with Gasteiger partial charge in [-0.05, 0) is 45.4 Å². The van der Waals surface area contributed by atoms with E-state index in [9.17, 15) is 0 Å². The predicted octanol–water partition coefficient (Wildman–Crippen LogP) is 4.12. The van der Waals surface area contributed by atoms with Crippen molar-refractivity contribution in [2.24, 2.45) is 4.99 Å². The lowest BCUT2D eigenvalue weighted by Crippen LogP contribution is -2.39. The second-order valence-electron chi connectivity index (χ2n) is 5.04. The first-order valence-electron chi connectivity index (χ1n) is 6.62. The van der Waals surface area contributed by atoms with Crippen molar-refractivity contribution in [3.8, 4) is 0 Å². The van der Waals surface area contributed by atoms with E-state index in [0.29, 0.717) is 0 Å². The Labute approximate surface area is 148 Å². The number of halogens is 1. The molecule has 116 valence electrons. The van der Waals surface area contributed by atoms with Crippen LogP contribution in [0.5, 0.6) is 0 Å². The van der Waals surface area contributed by atoms with Crippen molar-refractivity contribution >= 4 is 53.0 Å². The van der Waals surface area contributed by atoms with E-state index in [0.717, 1.165) is 19.0 Å². The van der Waals surface area contributed by atoms with Crippen molar-refractivity contribution in [2.45, 2.75) is 38.5 Å². The van der Waals surface area contributed by atoms with E-state index in [4.69, 9.17) is 0 Å². The molecule has 1 aromatic heterocycles. The average Bonchev–Trinajstić information content (AvgIpc) is 2.90. The lowest BCUT2D eigenvalue weighted by atomic mass is 10.2. The normalized spacial score (nSPS) is 13.6. The molecule has 1 aromatic rings. The van der Waals surface area contributed by atoms with E-state index in [1.165, 1.54) is 4.88 Å². The van der Waals surface area contributed by atoms with Crippen molar-refractivity contribution in [2.75, 3.05) is 19.3 Å². The average molecular weight is 427 g/mol. The maximum Gasteiger partial charge on any atom is 0.191 e. The molecule has 0 bridgehead atoms. The third-order valence-corrected chi connectivity index (χ3v) is 5.13. The third-order valence-electron chi connectivity index (χ3n) is 2.84. The number of thioether (sulfide) groups is 1. The molecule has 1 heterocycles. The highest BCUT2D eigenvalue weighted by atomic mass is 127. The molecule has 0 radical (unpaired) electrons.